The maximum atomic E-state index is 11.8. The average molecular weight is 409 g/mol. The van der Waals surface area contributed by atoms with Crippen LogP contribution in [0.5, 0.6) is 0 Å². The molecule has 0 unspecified atom stereocenters. The van der Waals surface area contributed by atoms with E-state index < -0.39 is 24.4 Å². The zero-order valence-electron chi connectivity index (χ0n) is 14.3. The lowest BCUT2D eigenvalue weighted by molar-refractivity contribution is -0.147. The van der Waals surface area contributed by atoms with Crippen LogP contribution in [0.1, 0.15) is 15.9 Å². The molecule has 0 aliphatic carbocycles. The molecule has 0 aliphatic heterocycles. The van der Waals surface area contributed by atoms with Gasteiger partial charge < -0.3 is 15.4 Å². The van der Waals surface area contributed by atoms with Crippen molar-refractivity contribution >= 4 is 41.0 Å². The van der Waals surface area contributed by atoms with Crippen LogP contribution in [0.15, 0.2) is 48.5 Å². The molecule has 27 heavy (non-hydrogen) atoms. The Balaban J connectivity index is 1.61. The number of hydrogen-bond acceptors (Lipinski definition) is 4. The predicted molar refractivity (Wildman–Crippen MR) is 103 cm³/mol. The maximum absolute atomic E-state index is 11.8. The molecule has 2 rings (SSSR count). The molecule has 2 aromatic rings. The Hall–Kier alpha value is -2.57. The van der Waals surface area contributed by atoms with Crippen molar-refractivity contribution < 1.29 is 19.1 Å². The minimum atomic E-state index is -0.704. The number of rotatable bonds is 8. The third kappa shape index (κ3) is 7.68. The van der Waals surface area contributed by atoms with E-state index in [-0.39, 0.29) is 6.54 Å². The summed E-state index contributed by atoms with van der Waals surface area (Å²) in [6, 6.07) is 13.5. The smallest absolute Gasteiger partial charge is 0.325 e. The van der Waals surface area contributed by atoms with Crippen LogP contribution in [-0.2, 0) is 20.7 Å². The predicted octanol–water partition coefficient (Wildman–Crippen LogP) is 2.63. The number of hydrogen-bond donors (Lipinski definition) is 2. The Morgan fingerprint density at radius 3 is 2.07 bits per heavy atom. The summed E-state index contributed by atoms with van der Waals surface area (Å²) in [5, 5.41) is 6.22. The zero-order valence-corrected chi connectivity index (χ0v) is 15.8. The van der Waals surface area contributed by atoms with Crippen LogP contribution < -0.4 is 10.6 Å². The van der Waals surface area contributed by atoms with Crippen LogP contribution in [0, 0.1) is 0 Å². The number of ether oxygens (including phenoxy) is 1. The summed E-state index contributed by atoms with van der Waals surface area (Å²) in [5.41, 5.74) is 1.40. The first kappa shape index (κ1) is 20.7. The Morgan fingerprint density at radius 2 is 1.44 bits per heavy atom. The second kappa shape index (κ2) is 10.5. The Kier molecular flexibility index (Phi) is 8.10. The molecule has 0 radical (unpaired) electrons. The zero-order chi connectivity index (χ0) is 19.6. The van der Waals surface area contributed by atoms with Crippen LogP contribution >= 0.6 is 23.2 Å². The van der Waals surface area contributed by atoms with E-state index in [1.54, 1.807) is 24.3 Å². The van der Waals surface area contributed by atoms with Crippen molar-refractivity contribution in [2.24, 2.45) is 0 Å². The van der Waals surface area contributed by atoms with Gasteiger partial charge >= 0.3 is 5.97 Å². The summed E-state index contributed by atoms with van der Waals surface area (Å²) < 4.78 is 4.82. The minimum absolute atomic E-state index is 0.334. The molecule has 2 aromatic carbocycles. The molecule has 0 saturated heterocycles. The van der Waals surface area contributed by atoms with Gasteiger partial charge in [0.25, 0.3) is 11.8 Å². The number of carbonyl (C=O) groups excluding carboxylic acids is 3. The molecule has 0 heterocycles. The van der Waals surface area contributed by atoms with E-state index in [0.717, 1.165) is 5.56 Å². The first-order chi connectivity index (χ1) is 12.9. The molecule has 0 bridgehead atoms. The van der Waals surface area contributed by atoms with E-state index in [1.165, 1.54) is 12.1 Å². The minimum Gasteiger partial charge on any atom is -0.454 e. The van der Waals surface area contributed by atoms with E-state index in [0.29, 0.717) is 28.6 Å². The Labute approximate surface area is 166 Å². The Morgan fingerprint density at radius 1 is 0.852 bits per heavy atom. The molecular weight excluding hydrogens is 391 g/mol. The summed E-state index contributed by atoms with van der Waals surface area (Å²) in [4.78, 5) is 35.1. The van der Waals surface area contributed by atoms with Crippen LogP contribution in [-0.4, -0.2) is 37.5 Å². The van der Waals surface area contributed by atoms with Gasteiger partial charge in [-0.3, -0.25) is 14.4 Å². The molecule has 0 aromatic heterocycles. The summed E-state index contributed by atoms with van der Waals surface area (Å²) in [7, 11) is 0. The van der Waals surface area contributed by atoms with Gasteiger partial charge in [-0.05, 0) is 48.4 Å². The van der Waals surface area contributed by atoms with Crippen LogP contribution in [0.2, 0.25) is 10.0 Å². The van der Waals surface area contributed by atoms with Crippen molar-refractivity contribution in [3.8, 4) is 0 Å². The SMILES string of the molecule is O=C(COC(=O)CNC(=O)c1ccc(Cl)cc1)NCCc1ccc(Cl)cc1. The van der Waals surface area contributed by atoms with Crippen molar-refractivity contribution in [2.75, 3.05) is 19.7 Å². The van der Waals surface area contributed by atoms with Crippen molar-refractivity contribution in [3.05, 3.63) is 69.7 Å². The fourth-order valence-electron chi connectivity index (χ4n) is 2.10. The quantitative estimate of drug-likeness (QED) is 0.657. The third-order valence-electron chi connectivity index (χ3n) is 3.51. The average Bonchev–Trinajstić information content (AvgIpc) is 2.66. The second-order valence-corrected chi connectivity index (χ2v) is 6.45. The topological polar surface area (TPSA) is 84.5 Å². The number of esters is 1. The van der Waals surface area contributed by atoms with Gasteiger partial charge in [-0.1, -0.05) is 35.3 Å². The number of carbonyl (C=O) groups is 3. The molecular formula is C19H18Cl2N2O4. The highest BCUT2D eigenvalue weighted by atomic mass is 35.5. The second-order valence-electron chi connectivity index (χ2n) is 5.58. The molecule has 0 aliphatic rings. The number of halogens is 2. The number of nitrogens with one attached hydrogen (secondary N) is 2. The molecule has 0 spiro atoms. The first-order valence-corrected chi connectivity index (χ1v) is 8.90. The molecule has 2 N–H and O–H groups in total. The van der Waals surface area contributed by atoms with Crippen molar-refractivity contribution in [2.45, 2.75) is 6.42 Å². The van der Waals surface area contributed by atoms with Gasteiger partial charge in [0.15, 0.2) is 6.61 Å². The van der Waals surface area contributed by atoms with Gasteiger partial charge in [0.1, 0.15) is 6.54 Å². The van der Waals surface area contributed by atoms with Crippen molar-refractivity contribution in [1.82, 2.24) is 10.6 Å². The standard InChI is InChI=1S/C19H18Cl2N2O4/c20-15-5-1-13(2-6-15)9-10-22-17(24)12-27-18(25)11-23-19(26)14-3-7-16(21)8-4-14/h1-8H,9-12H2,(H,22,24)(H,23,26). The van der Waals surface area contributed by atoms with E-state index in [2.05, 4.69) is 10.6 Å². The molecule has 0 saturated carbocycles. The van der Waals surface area contributed by atoms with Crippen LogP contribution in [0.4, 0.5) is 0 Å². The highest BCUT2D eigenvalue weighted by Crippen LogP contribution is 2.10. The highest BCUT2D eigenvalue weighted by molar-refractivity contribution is 6.30. The van der Waals surface area contributed by atoms with E-state index in [1.807, 2.05) is 12.1 Å². The summed E-state index contributed by atoms with van der Waals surface area (Å²) in [5.74, 6) is -1.55. The van der Waals surface area contributed by atoms with Crippen LogP contribution in [0.3, 0.4) is 0 Å². The van der Waals surface area contributed by atoms with Gasteiger partial charge in [-0.25, -0.2) is 0 Å². The Bertz CT molecular complexity index is 792. The monoisotopic (exact) mass is 408 g/mol. The fourth-order valence-corrected chi connectivity index (χ4v) is 2.35. The van der Waals surface area contributed by atoms with Crippen LogP contribution in [0.25, 0.3) is 0 Å². The summed E-state index contributed by atoms with van der Waals surface area (Å²) >= 11 is 11.5. The van der Waals surface area contributed by atoms with Gasteiger partial charge in [-0.2, -0.15) is 0 Å². The lowest BCUT2D eigenvalue weighted by Crippen LogP contribution is -2.34. The van der Waals surface area contributed by atoms with E-state index >= 15 is 0 Å². The van der Waals surface area contributed by atoms with Crippen molar-refractivity contribution in [1.29, 1.82) is 0 Å². The normalized spacial score (nSPS) is 10.1. The first-order valence-electron chi connectivity index (χ1n) is 8.14. The van der Waals surface area contributed by atoms with Gasteiger partial charge in [0, 0.05) is 22.2 Å². The molecule has 142 valence electrons. The molecule has 6 nitrogen and oxygen atoms in total. The molecule has 8 heteroatoms. The lowest BCUT2D eigenvalue weighted by atomic mass is 10.1. The highest BCUT2D eigenvalue weighted by Gasteiger charge is 2.10. The fraction of sp³-hybridized carbons (Fsp3) is 0.211. The van der Waals surface area contributed by atoms with E-state index in [9.17, 15) is 14.4 Å². The lowest BCUT2D eigenvalue weighted by Gasteiger charge is -2.08. The maximum Gasteiger partial charge on any atom is 0.325 e. The summed E-state index contributed by atoms with van der Waals surface area (Å²) in [6.45, 7) is -0.332. The largest absolute Gasteiger partial charge is 0.454 e. The number of amides is 2. The number of benzene rings is 2. The molecule has 0 fully saturated rings. The van der Waals surface area contributed by atoms with Gasteiger partial charge in [0.2, 0.25) is 0 Å². The van der Waals surface area contributed by atoms with E-state index in [4.69, 9.17) is 27.9 Å². The van der Waals surface area contributed by atoms with Gasteiger partial charge in [0.05, 0.1) is 0 Å². The van der Waals surface area contributed by atoms with Gasteiger partial charge in [-0.15, -0.1) is 0 Å². The third-order valence-corrected chi connectivity index (χ3v) is 4.02. The molecule has 0 atom stereocenters. The summed E-state index contributed by atoms with van der Waals surface area (Å²) in [6.07, 6.45) is 0.633. The molecule has 2 amide bonds. The van der Waals surface area contributed by atoms with Crippen molar-refractivity contribution in [3.63, 3.8) is 0 Å².